The predicted octanol–water partition coefficient (Wildman–Crippen LogP) is 3.21. The summed E-state index contributed by atoms with van der Waals surface area (Å²) < 4.78 is 0. The van der Waals surface area contributed by atoms with Crippen LogP contribution < -0.4 is 5.73 Å². The molecule has 4 heteroatoms. The van der Waals surface area contributed by atoms with Gasteiger partial charge in [-0.1, -0.05) is 6.07 Å². The van der Waals surface area contributed by atoms with Gasteiger partial charge < -0.3 is 5.73 Å². The van der Waals surface area contributed by atoms with Crippen LogP contribution in [0.4, 0.5) is 0 Å². The van der Waals surface area contributed by atoms with Crippen LogP contribution in [0.15, 0.2) is 22.9 Å². The van der Waals surface area contributed by atoms with Crippen molar-refractivity contribution in [2.24, 2.45) is 5.73 Å². The molecule has 3 rings (SSSR count). The van der Waals surface area contributed by atoms with E-state index in [9.17, 15) is 0 Å². The third-order valence-corrected chi connectivity index (χ3v) is 4.90. The molecule has 0 amide bonds. The van der Waals surface area contributed by atoms with Crippen LogP contribution >= 0.6 is 22.7 Å². The van der Waals surface area contributed by atoms with Gasteiger partial charge in [-0.15, -0.1) is 22.7 Å². The van der Waals surface area contributed by atoms with Crippen LogP contribution in [0.3, 0.4) is 0 Å². The van der Waals surface area contributed by atoms with E-state index in [1.165, 1.54) is 11.3 Å². The molecule has 1 aliphatic rings. The molecule has 0 radical (unpaired) electrons. The highest BCUT2D eigenvalue weighted by molar-refractivity contribution is 7.14. The highest BCUT2D eigenvalue weighted by Crippen LogP contribution is 2.41. The van der Waals surface area contributed by atoms with Crippen molar-refractivity contribution in [3.63, 3.8) is 0 Å². The Morgan fingerprint density at radius 3 is 2.80 bits per heavy atom. The van der Waals surface area contributed by atoms with Gasteiger partial charge in [-0.05, 0) is 30.7 Å². The van der Waals surface area contributed by atoms with Gasteiger partial charge in [0.05, 0.1) is 16.1 Å². The van der Waals surface area contributed by atoms with E-state index in [0.29, 0.717) is 0 Å². The molecule has 0 aliphatic heterocycles. The standard InChI is InChI=1S/C11H12N2S2/c12-11(4-2-5-11)10-13-8(7-15-10)9-3-1-6-14-9/h1,3,6-7H,2,4-5,12H2. The van der Waals surface area contributed by atoms with Crippen LogP contribution in [0.25, 0.3) is 10.6 Å². The van der Waals surface area contributed by atoms with Gasteiger partial charge >= 0.3 is 0 Å². The zero-order chi connectivity index (χ0) is 10.3. The fourth-order valence-corrected chi connectivity index (χ4v) is 3.57. The Labute approximate surface area is 96.8 Å². The molecule has 2 nitrogen and oxygen atoms in total. The zero-order valence-electron chi connectivity index (χ0n) is 8.27. The molecule has 1 fully saturated rings. The van der Waals surface area contributed by atoms with Crippen LogP contribution in [0, 0.1) is 0 Å². The van der Waals surface area contributed by atoms with Crippen molar-refractivity contribution >= 4 is 22.7 Å². The summed E-state index contributed by atoms with van der Waals surface area (Å²) in [5.74, 6) is 0. The number of hydrogen-bond acceptors (Lipinski definition) is 4. The number of thiophene rings is 1. The van der Waals surface area contributed by atoms with Crippen molar-refractivity contribution in [2.75, 3.05) is 0 Å². The van der Waals surface area contributed by atoms with Crippen molar-refractivity contribution in [2.45, 2.75) is 24.8 Å². The molecule has 0 unspecified atom stereocenters. The lowest BCUT2D eigenvalue weighted by Gasteiger charge is -2.35. The molecule has 0 saturated heterocycles. The van der Waals surface area contributed by atoms with Crippen molar-refractivity contribution in [3.05, 3.63) is 27.9 Å². The molecule has 2 N–H and O–H groups in total. The molecule has 0 bridgehead atoms. The van der Waals surface area contributed by atoms with Crippen LogP contribution in [-0.4, -0.2) is 4.98 Å². The average molecular weight is 236 g/mol. The van der Waals surface area contributed by atoms with E-state index in [1.54, 1.807) is 22.7 Å². The summed E-state index contributed by atoms with van der Waals surface area (Å²) in [6, 6.07) is 4.16. The highest BCUT2D eigenvalue weighted by atomic mass is 32.1. The SMILES string of the molecule is NC1(c2nc(-c3cccs3)cs2)CCC1. The predicted molar refractivity (Wildman–Crippen MR) is 65.1 cm³/mol. The number of thiazole rings is 1. The van der Waals surface area contributed by atoms with Gasteiger partial charge in [0.15, 0.2) is 0 Å². The van der Waals surface area contributed by atoms with Crippen LogP contribution in [0.5, 0.6) is 0 Å². The number of nitrogens with two attached hydrogens (primary N) is 1. The fourth-order valence-electron chi connectivity index (χ4n) is 1.81. The largest absolute Gasteiger partial charge is 0.319 e. The number of rotatable bonds is 2. The lowest BCUT2D eigenvalue weighted by Crippen LogP contribution is -2.43. The zero-order valence-corrected chi connectivity index (χ0v) is 9.90. The van der Waals surface area contributed by atoms with Gasteiger partial charge in [0.25, 0.3) is 0 Å². The Morgan fingerprint density at radius 2 is 2.20 bits per heavy atom. The van der Waals surface area contributed by atoms with Gasteiger partial charge in [-0.3, -0.25) is 0 Å². The van der Waals surface area contributed by atoms with Crippen LogP contribution in [-0.2, 0) is 5.54 Å². The second kappa shape index (κ2) is 3.40. The van der Waals surface area contributed by atoms with E-state index in [-0.39, 0.29) is 5.54 Å². The normalized spacial score (nSPS) is 18.7. The molecule has 1 saturated carbocycles. The van der Waals surface area contributed by atoms with Gasteiger partial charge in [0.2, 0.25) is 0 Å². The van der Waals surface area contributed by atoms with Crippen molar-refractivity contribution < 1.29 is 0 Å². The maximum atomic E-state index is 6.24. The topological polar surface area (TPSA) is 38.9 Å². The first kappa shape index (κ1) is 9.51. The second-order valence-electron chi connectivity index (χ2n) is 4.02. The van der Waals surface area contributed by atoms with E-state index in [4.69, 9.17) is 5.73 Å². The second-order valence-corrected chi connectivity index (χ2v) is 5.83. The summed E-state index contributed by atoms with van der Waals surface area (Å²) in [6.45, 7) is 0. The minimum atomic E-state index is -0.111. The Kier molecular flexibility index (Phi) is 2.16. The average Bonchev–Trinajstić information content (AvgIpc) is 2.84. The summed E-state index contributed by atoms with van der Waals surface area (Å²) >= 11 is 3.43. The molecule has 2 aromatic rings. The molecule has 2 heterocycles. The molecule has 0 atom stereocenters. The lowest BCUT2D eigenvalue weighted by molar-refractivity contribution is 0.253. The Morgan fingerprint density at radius 1 is 1.33 bits per heavy atom. The number of aromatic nitrogens is 1. The summed E-state index contributed by atoms with van der Waals surface area (Å²) in [5.41, 5.74) is 7.22. The van der Waals surface area contributed by atoms with Crippen LogP contribution in [0.2, 0.25) is 0 Å². The Bertz CT molecular complexity index is 455. The molecular formula is C11H12N2S2. The summed E-state index contributed by atoms with van der Waals surface area (Å²) in [7, 11) is 0. The minimum Gasteiger partial charge on any atom is -0.319 e. The first-order chi connectivity index (χ1) is 7.28. The quantitative estimate of drug-likeness (QED) is 0.869. The molecule has 15 heavy (non-hydrogen) atoms. The van der Waals surface area contributed by atoms with E-state index in [1.807, 2.05) is 0 Å². The smallest absolute Gasteiger partial charge is 0.113 e. The number of hydrogen-bond donors (Lipinski definition) is 1. The Hall–Kier alpha value is -0.710. The molecule has 0 aromatic carbocycles. The van der Waals surface area contributed by atoms with Gasteiger partial charge in [-0.2, -0.15) is 0 Å². The van der Waals surface area contributed by atoms with Crippen molar-refractivity contribution in [1.82, 2.24) is 4.98 Å². The first-order valence-electron chi connectivity index (χ1n) is 5.07. The highest BCUT2D eigenvalue weighted by Gasteiger charge is 2.37. The third kappa shape index (κ3) is 1.53. The van der Waals surface area contributed by atoms with Crippen molar-refractivity contribution in [1.29, 1.82) is 0 Å². The van der Waals surface area contributed by atoms with E-state index < -0.39 is 0 Å². The van der Waals surface area contributed by atoms with Gasteiger partial charge in [0.1, 0.15) is 5.01 Å². The number of nitrogens with zero attached hydrogens (tertiary/aromatic N) is 1. The van der Waals surface area contributed by atoms with Gasteiger partial charge in [-0.25, -0.2) is 4.98 Å². The summed E-state index contributed by atoms with van der Waals surface area (Å²) in [5, 5.41) is 5.31. The molecule has 0 spiro atoms. The fraction of sp³-hybridized carbons (Fsp3) is 0.364. The van der Waals surface area contributed by atoms with E-state index in [2.05, 4.69) is 27.9 Å². The van der Waals surface area contributed by atoms with Gasteiger partial charge in [0, 0.05) is 5.38 Å². The molecule has 78 valence electrons. The molecule has 1 aliphatic carbocycles. The Balaban J connectivity index is 1.94. The monoisotopic (exact) mass is 236 g/mol. The van der Waals surface area contributed by atoms with Crippen molar-refractivity contribution in [3.8, 4) is 10.6 Å². The van der Waals surface area contributed by atoms with E-state index >= 15 is 0 Å². The summed E-state index contributed by atoms with van der Waals surface area (Å²) in [6.07, 6.45) is 3.42. The summed E-state index contributed by atoms with van der Waals surface area (Å²) in [4.78, 5) is 5.89. The molecular weight excluding hydrogens is 224 g/mol. The minimum absolute atomic E-state index is 0.111. The van der Waals surface area contributed by atoms with Crippen LogP contribution in [0.1, 0.15) is 24.3 Å². The first-order valence-corrected chi connectivity index (χ1v) is 6.83. The maximum Gasteiger partial charge on any atom is 0.113 e. The molecule has 2 aromatic heterocycles. The lowest BCUT2D eigenvalue weighted by atomic mass is 9.78. The maximum absolute atomic E-state index is 6.24. The van der Waals surface area contributed by atoms with E-state index in [0.717, 1.165) is 23.5 Å². The third-order valence-electron chi connectivity index (χ3n) is 2.95.